The number of carbonyl (C=O) groups is 2. The van der Waals surface area contributed by atoms with Crippen molar-refractivity contribution in [1.29, 1.82) is 0 Å². The molecule has 1 heterocycles. The van der Waals surface area contributed by atoms with E-state index in [2.05, 4.69) is 22.4 Å². The Balaban J connectivity index is 1.48. The third kappa shape index (κ3) is 4.99. The number of nitrogens with zero attached hydrogens (tertiary/aromatic N) is 3. The third-order valence-electron chi connectivity index (χ3n) is 5.50. The monoisotopic (exact) mass is 452 g/mol. The first-order valence-corrected chi connectivity index (χ1v) is 11.1. The molecule has 1 N–H and O–H groups in total. The Morgan fingerprint density at radius 3 is 2.69 bits per heavy atom. The Kier molecular flexibility index (Phi) is 6.55. The molecule has 7 nitrogen and oxygen atoms in total. The van der Waals surface area contributed by atoms with Gasteiger partial charge >= 0.3 is 0 Å². The van der Waals surface area contributed by atoms with Crippen LogP contribution in [0.25, 0.3) is 11.5 Å². The number of aromatic nitrogens is 2. The maximum absolute atomic E-state index is 13.2. The maximum Gasteiger partial charge on any atom is 0.254 e. The molecule has 2 unspecified atom stereocenters. The molecule has 4 rings (SSSR count). The van der Waals surface area contributed by atoms with E-state index in [-0.39, 0.29) is 24.3 Å². The standard InChI is InChI=1S/C24H25ClN4O3/c1-3-11-29(14-21-27-28-23(32-21)18-9-4-5-10-20(18)25)24(31)16-7-6-8-17(13-16)26-22(30)19-12-15(19)2/h4-10,13,15,19H,3,11-12,14H2,1-2H3,(H,26,30). The number of hydrogen-bond acceptors (Lipinski definition) is 5. The number of halogens is 1. The minimum absolute atomic E-state index is 0.00507. The van der Waals surface area contributed by atoms with Gasteiger partial charge in [-0.1, -0.05) is 43.6 Å². The van der Waals surface area contributed by atoms with Crippen LogP contribution >= 0.6 is 11.6 Å². The number of hydrogen-bond donors (Lipinski definition) is 1. The van der Waals surface area contributed by atoms with Gasteiger partial charge in [-0.3, -0.25) is 9.59 Å². The summed E-state index contributed by atoms with van der Waals surface area (Å²) >= 11 is 6.21. The SMILES string of the molecule is CCCN(Cc1nnc(-c2ccccc2Cl)o1)C(=O)c1cccc(NC(=O)C2CC2C)c1. The molecule has 1 fully saturated rings. The summed E-state index contributed by atoms with van der Waals surface area (Å²) < 4.78 is 5.78. The molecule has 0 aliphatic heterocycles. The lowest BCUT2D eigenvalue weighted by atomic mass is 10.1. The molecular formula is C24H25ClN4O3. The van der Waals surface area contributed by atoms with Crippen LogP contribution in [0.4, 0.5) is 5.69 Å². The molecule has 2 aromatic carbocycles. The molecule has 1 saturated carbocycles. The molecule has 8 heteroatoms. The van der Waals surface area contributed by atoms with Gasteiger partial charge < -0.3 is 14.6 Å². The first kappa shape index (κ1) is 22.0. The topological polar surface area (TPSA) is 88.3 Å². The second-order valence-corrected chi connectivity index (χ2v) is 8.50. The first-order chi connectivity index (χ1) is 15.5. The summed E-state index contributed by atoms with van der Waals surface area (Å²) in [7, 11) is 0. The Bertz CT molecular complexity index is 1130. The molecule has 2 amide bonds. The summed E-state index contributed by atoms with van der Waals surface area (Å²) in [4.78, 5) is 27.1. The Hall–Kier alpha value is -3.19. The van der Waals surface area contributed by atoms with Crippen molar-refractivity contribution < 1.29 is 14.0 Å². The lowest BCUT2D eigenvalue weighted by Crippen LogP contribution is -2.31. The van der Waals surface area contributed by atoms with Gasteiger partial charge in [-0.15, -0.1) is 10.2 Å². The van der Waals surface area contributed by atoms with Gasteiger partial charge in [0.05, 0.1) is 17.1 Å². The van der Waals surface area contributed by atoms with Gasteiger partial charge in [-0.2, -0.15) is 0 Å². The van der Waals surface area contributed by atoms with E-state index < -0.39 is 0 Å². The van der Waals surface area contributed by atoms with E-state index in [0.29, 0.717) is 46.1 Å². The minimum Gasteiger partial charge on any atom is -0.419 e. The van der Waals surface area contributed by atoms with Crippen molar-refractivity contribution >= 4 is 29.1 Å². The molecule has 0 saturated heterocycles. The molecule has 0 radical (unpaired) electrons. The molecule has 0 spiro atoms. The van der Waals surface area contributed by atoms with Gasteiger partial charge in [0.2, 0.25) is 17.7 Å². The Labute approximate surface area is 191 Å². The predicted molar refractivity (Wildman–Crippen MR) is 122 cm³/mol. The van der Waals surface area contributed by atoms with Crippen molar-refractivity contribution in [2.24, 2.45) is 11.8 Å². The zero-order valence-electron chi connectivity index (χ0n) is 18.0. The highest BCUT2D eigenvalue weighted by Gasteiger charge is 2.39. The average Bonchev–Trinajstić information content (AvgIpc) is 3.35. The van der Waals surface area contributed by atoms with Crippen molar-refractivity contribution in [3.05, 3.63) is 65.0 Å². The van der Waals surface area contributed by atoms with E-state index in [1.807, 2.05) is 19.1 Å². The average molecular weight is 453 g/mol. The maximum atomic E-state index is 13.2. The second kappa shape index (κ2) is 9.53. The second-order valence-electron chi connectivity index (χ2n) is 8.10. The first-order valence-electron chi connectivity index (χ1n) is 10.7. The van der Waals surface area contributed by atoms with E-state index >= 15 is 0 Å². The van der Waals surface area contributed by atoms with Gasteiger partial charge in [0.15, 0.2) is 0 Å². The molecule has 1 aromatic heterocycles. The number of nitrogens with one attached hydrogen (secondary N) is 1. The molecular weight excluding hydrogens is 428 g/mol. The van der Waals surface area contributed by atoms with Gasteiger partial charge in [-0.05, 0) is 49.1 Å². The van der Waals surface area contributed by atoms with Crippen molar-refractivity contribution in [1.82, 2.24) is 15.1 Å². The quantitative estimate of drug-likeness (QED) is 0.517. The fourth-order valence-corrected chi connectivity index (χ4v) is 3.80. The summed E-state index contributed by atoms with van der Waals surface area (Å²) in [5, 5.41) is 11.6. The molecule has 166 valence electrons. The fraction of sp³-hybridized carbons (Fsp3) is 0.333. The smallest absolute Gasteiger partial charge is 0.254 e. The summed E-state index contributed by atoms with van der Waals surface area (Å²) in [5.41, 5.74) is 1.76. The molecule has 3 aromatic rings. The van der Waals surface area contributed by atoms with Crippen molar-refractivity contribution in [3.8, 4) is 11.5 Å². The van der Waals surface area contributed by atoms with Gasteiger partial charge in [0.1, 0.15) is 0 Å². The van der Waals surface area contributed by atoms with Crippen LogP contribution < -0.4 is 5.32 Å². The normalized spacial score (nSPS) is 17.1. The highest BCUT2D eigenvalue weighted by molar-refractivity contribution is 6.33. The number of amides is 2. The van der Waals surface area contributed by atoms with Crippen LogP contribution in [-0.4, -0.2) is 33.5 Å². The van der Waals surface area contributed by atoms with Gasteiger partial charge in [-0.25, -0.2) is 0 Å². The van der Waals surface area contributed by atoms with Crippen LogP contribution in [0.3, 0.4) is 0 Å². The van der Waals surface area contributed by atoms with Crippen molar-refractivity contribution in [2.75, 3.05) is 11.9 Å². The predicted octanol–water partition coefficient (Wildman–Crippen LogP) is 5.04. The van der Waals surface area contributed by atoms with Crippen molar-refractivity contribution in [2.45, 2.75) is 33.2 Å². The van der Waals surface area contributed by atoms with Crippen LogP contribution in [-0.2, 0) is 11.3 Å². The van der Waals surface area contributed by atoms with E-state index in [0.717, 1.165) is 12.8 Å². The largest absolute Gasteiger partial charge is 0.419 e. The lowest BCUT2D eigenvalue weighted by Gasteiger charge is -2.20. The minimum atomic E-state index is -0.166. The van der Waals surface area contributed by atoms with E-state index in [1.165, 1.54) is 0 Å². The Morgan fingerprint density at radius 1 is 1.19 bits per heavy atom. The lowest BCUT2D eigenvalue weighted by molar-refractivity contribution is -0.117. The summed E-state index contributed by atoms with van der Waals surface area (Å²) in [6.45, 7) is 4.76. The molecule has 1 aliphatic rings. The summed E-state index contributed by atoms with van der Waals surface area (Å²) in [6, 6.07) is 14.2. The van der Waals surface area contributed by atoms with Crippen LogP contribution in [0.1, 0.15) is 42.9 Å². The Morgan fingerprint density at radius 2 is 1.97 bits per heavy atom. The number of anilines is 1. The van der Waals surface area contributed by atoms with Crippen molar-refractivity contribution in [3.63, 3.8) is 0 Å². The molecule has 1 aliphatic carbocycles. The van der Waals surface area contributed by atoms with E-state index in [4.69, 9.17) is 16.0 Å². The molecule has 2 atom stereocenters. The zero-order valence-corrected chi connectivity index (χ0v) is 18.8. The molecule has 32 heavy (non-hydrogen) atoms. The van der Waals surface area contributed by atoms with Crippen LogP contribution in [0.5, 0.6) is 0 Å². The fourth-order valence-electron chi connectivity index (χ4n) is 3.58. The summed E-state index contributed by atoms with van der Waals surface area (Å²) in [5.74, 6) is 0.967. The summed E-state index contributed by atoms with van der Waals surface area (Å²) in [6.07, 6.45) is 1.68. The highest BCUT2D eigenvalue weighted by atomic mass is 35.5. The van der Waals surface area contributed by atoms with E-state index in [9.17, 15) is 9.59 Å². The van der Waals surface area contributed by atoms with Crippen LogP contribution in [0.15, 0.2) is 52.9 Å². The van der Waals surface area contributed by atoms with Gasteiger partial charge in [0, 0.05) is 23.7 Å². The zero-order chi connectivity index (χ0) is 22.7. The number of carbonyl (C=O) groups excluding carboxylic acids is 2. The number of benzene rings is 2. The van der Waals surface area contributed by atoms with Crippen LogP contribution in [0.2, 0.25) is 5.02 Å². The number of rotatable bonds is 8. The third-order valence-corrected chi connectivity index (χ3v) is 5.83. The molecule has 0 bridgehead atoms. The van der Waals surface area contributed by atoms with E-state index in [1.54, 1.807) is 41.3 Å². The van der Waals surface area contributed by atoms with Crippen LogP contribution in [0, 0.1) is 11.8 Å². The van der Waals surface area contributed by atoms with Gasteiger partial charge in [0.25, 0.3) is 5.91 Å². The highest BCUT2D eigenvalue weighted by Crippen LogP contribution is 2.38.